The van der Waals surface area contributed by atoms with Crippen molar-refractivity contribution in [1.82, 2.24) is 4.72 Å². The van der Waals surface area contributed by atoms with Crippen molar-refractivity contribution in [2.24, 2.45) is 0 Å². The normalized spacial score (nSPS) is 18.8. The molecular weight excluding hydrogens is 514 g/mol. The Morgan fingerprint density at radius 1 is 0.632 bits per heavy atom. The zero-order chi connectivity index (χ0) is 26.4. The molecule has 1 aliphatic rings. The molecule has 0 radical (unpaired) electrons. The summed E-state index contributed by atoms with van der Waals surface area (Å²) >= 11 is 5.96. The number of nitrogens with one attached hydrogen (secondary N) is 3. The topological polar surface area (TPSA) is 55.0 Å². The summed E-state index contributed by atoms with van der Waals surface area (Å²) in [6, 6.07) is 38.3. The standard InChI is InChI=1S/C31H32ClN3O2S/c32-28-16-18-29(19-17-28)38(36,37)33-24-30(25-10-4-1-5-11-25)34-20-22-35(23-21-34)31(26-12-6-2-7-13-26)27-14-8-3-9-15-27/h1-19,30-31,33H,20-24H2/p+2/t30-/m1/s1. The maximum absolute atomic E-state index is 13.0. The summed E-state index contributed by atoms with van der Waals surface area (Å²) in [5, 5.41) is 0.514. The van der Waals surface area contributed by atoms with Gasteiger partial charge in [-0.3, -0.25) is 0 Å². The van der Waals surface area contributed by atoms with E-state index in [0.29, 0.717) is 11.6 Å². The first-order valence-electron chi connectivity index (χ1n) is 13.1. The van der Waals surface area contributed by atoms with Crippen LogP contribution in [0.25, 0.3) is 0 Å². The van der Waals surface area contributed by atoms with E-state index in [1.165, 1.54) is 16.0 Å². The number of hydrogen-bond acceptors (Lipinski definition) is 2. The molecule has 38 heavy (non-hydrogen) atoms. The van der Waals surface area contributed by atoms with Gasteiger partial charge in [0, 0.05) is 21.7 Å². The Hall–Kier alpha value is -3.00. The minimum atomic E-state index is -3.64. The molecule has 1 aliphatic heterocycles. The zero-order valence-corrected chi connectivity index (χ0v) is 22.8. The SMILES string of the molecule is O=S(=O)(NC[C@H](c1ccccc1)[NH+]1CC[NH+](C(c2ccccc2)c2ccccc2)CC1)c1ccc(Cl)cc1. The van der Waals surface area contributed by atoms with Crippen LogP contribution in [-0.4, -0.2) is 41.1 Å². The summed E-state index contributed by atoms with van der Waals surface area (Å²) in [7, 11) is -3.64. The lowest BCUT2D eigenvalue weighted by Crippen LogP contribution is -3.28. The fourth-order valence-corrected chi connectivity index (χ4v) is 6.73. The van der Waals surface area contributed by atoms with E-state index in [0.717, 1.165) is 31.7 Å². The molecule has 5 rings (SSSR count). The number of rotatable bonds is 9. The first kappa shape index (κ1) is 26.6. The summed E-state index contributed by atoms with van der Waals surface area (Å²) in [6.07, 6.45) is 0. The molecule has 4 aromatic rings. The molecule has 196 valence electrons. The summed E-state index contributed by atoms with van der Waals surface area (Å²) < 4.78 is 29.0. The van der Waals surface area contributed by atoms with Crippen molar-refractivity contribution >= 4 is 21.6 Å². The second-order valence-electron chi connectivity index (χ2n) is 9.84. The summed E-state index contributed by atoms with van der Waals surface area (Å²) in [4.78, 5) is 3.17. The third-order valence-electron chi connectivity index (χ3n) is 7.50. The van der Waals surface area contributed by atoms with Gasteiger partial charge < -0.3 is 9.80 Å². The van der Waals surface area contributed by atoms with Crippen LogP contribution in [0.5, 0.6) is 0 Å². The number of quaternary nitrogens is 2. The second-order valence-corrected chi connectivity index (χ2v) is 12.0. The maximum Gasteiger partial charge on any atom is 0.240 e. The van der Waals surface area contributed by atoms with Gasteiger partial charge in [0.05, 0.1) is 11.4 Å². The Balaban J connectivity index is 1.33. The molecule has 1 atom stereocenters. The van der Waals surface area contributed by atoms with Crippen LogP contribution in [0.15, 0.2) is 120 Å². The van der Waals surface area contributed by atoms with Crippen molar-refractivity contribution in [3.63, 3.8) is 0 Å². The summed E-state index contributed by atoms with van der Waals surface area (Å²) in [5.41, 5.74) is 3.80. The van der Waals surface area contributed by atoms with Gasteiger partial charge in [-0.25, -0.2) is 13.1 Å². The van der Waals surface area contributed by atoms with Crippen molar-refractivity contribution in [3.8, 4) is 0 Å². The molecule has 0 saturated carbocycles. The Morgan fingerprint density at radius 3 is 1.58 bits per heavy atom. The second kappa shape index (κ2) is 12.2. The first-order valence-corrected chi connectivity index (χ1v) is 15.0. The molecule has 0 bridgehead atoms. The molecule has 5 nitrogen and oxygen atoms in total. The summed E-state index contributed by atoms with van der Waals surface area (Å²) in [5.74, 6) is 0. The van der Waals surface area contributed by atoms with E-state index in [1.807, 2.05) is 18.2 Å². The van der Waals surface area contributed by atoms with Crippen LogP contribution in [0.3, 0.4) is 0 Å². The van der Waals surface area contributed by atoms with Gasteiger partial charge >= 0.3 is 0 Å². The predicted molar refractivity (Wildman–Crippen MR) is 152 cm³/mol. The number of piperazine rings is 1. The average molecular weight is 548 g/mol. The number of halogens is 1. The highest BCUT2D eigenvalue weighted by atomic mass is 35.5. The molecule has 3 N–H and O–H groups in total. The molecule has 1 fully saturated rings. The lowest BCUT2D eigenvalue weighted by molar-refractivity contribution is -1.04. The molecular formula is C31H34ClN3O2S+2. The van der Waals surface area contributed by atoms with Crippen LogP contribution >= 0.6 is 11.6 Å². The van der Waals surface area contributed by atoms with Crippen LogP contribution in [-0.2, 0) is 10.0 Å². The van der Waals surface area contributed by atoms with Crippen molar-refractivity contribution in [1.29, 1.82) is 0 Å². The third kappa shape index (κ3) is 6.34. The van der Waals surface area contributed by atoms with Crippen LogP contribution < -0.4 is 14.5 Å². The molecule has 0 aliphatic carbocycles. The smallest absolute Gasteiger partial charge is 0.240 e. The molecule has 0 aromatic heterocycles. The minimum Gasteiger partial charge on any atom is -0.318 e. The highest BCUT2D eigenvalue weighted by Crippen LogP contribution is 2.19. The van der Waals surface area contributed by atoms with Gasteiger partial charge in [-0.1, -0.05) is 103 Å². The molecule has 1 saturated heterocycles. The van der Waals surface area contributed by atoms with Gasteiger partial charge in [0.2, 0.25) is 10.0 Å². The van der Waals surface area contributed by atoms with Crippen LogP contribution in [0.1, 0.15) is 28.8 Å². The Morgan fingerprint density at radius 2 is 1.08 bits per heavy atom. The predicted octanol–water partition coefficient (Wildman–Crippen LogP) is 2.93. The maximum atomic E-state index is 13.0. The molecule has 1 heterocycles. The van der Waals surface area contributed by atoms with E-state index in [-0.39, 0.29) is 17.0 Å². The van der Waals surface area contributed by atoms with Crippen LogP contribution in [0.4, 0.5) is 0 Å². The van der Waals surface area contributed by atoms with Gasteiger partial charge in [0.15, 0.2) is 0 Å². The van der Waals surface area contributed by atoms with Crippen molar-refractivity contribution in [2.75, 3.05) is 32.7 Å². The van der Waals surface area contributed by atoms with Crippen molar-refractivity contribution in [3.05, 3.63) is 137 Å². The van der Waals surface area contributed by atoms with Gasteiger partial charge in [-0.05, 0) is 24.3 Å². The Bertz CT molecular complexity index is 1350. The van der Waals surface area contributed by atoms with Crippen molar-refractivity contribution < 1.29 is 18.2 Å². The van der Waals surface area contributed by atoms with E-state index in [1.54, 1.807) is 29.2 Å². The van der Waals surface area contributed by atoms with E-state index in [4.69, 9.17) is 11.6 Å². The average Bonchev–Trinajstić information content (AvgIpc) is 2.96. The summed E-state index contributed by atoms with van der Waals surface area (Å²) in [6.45, 7) is 4.23. The fraction of sp³-hybridized carbons (Fsp3) is 0.226. The monoisotopic (exact) mass is 547 g/mol. The zero-order valence-electron chi connectivity index (χ0n) is 21.3. The number of sulfonamides is 1. The molecule has 0 unspecified atom stereocenters. The molecule has 0 spiro atoms. The number of benzene rings is 4. The lowest BCUT2D eigenvalue weighted by Gasteiger charge is -2.38. The number of hydrogen-bond donors (Lipinski definition) is 3. The van der Waals surface area contributed by atoms with Gasteiger partial charge in [0.1, 0.15) is 38.3 Å². The quantitative estimate of drug-likeness (QED) is 0.302. The van der Waals surface area contributed by atoms with Gasteiger partial charge in [0.25, 0.3) is 0 Å². The van der Waals surface area contributed by atoms with Crippen LogP contribution in [0.2, 0.25) is 5.02 Å². The minimum absolute atomic E-state index is 0.0201. The fourth-order valence-electron chi connectivity index (χ4n) is 5.56. The molecule has 0 amide bonds. The van der Waals surface area contributed by atoms with E-state index < -0.39 is 10.0 Å². The highest BCUT2D eigenvalue weighted by molar-refractivity contribution is 7.89. The third-order valence-corrected chi connectivity index (χ3v) is 9.20. The lowest BCUT2D eigenvalue weighted by atomic mass is 9.96. The Kier molecular flexibility index (Phi) is 8.57. The first-order chi connectivity index (χ1) is 18.5. The molecule has 4 aromatic carbocycles. The molecule has 7 heteroatoms. The van der Waals surface area contributed by atoms with E-state index >= 15 is 0 Å². The van der Waals surface area contributed by atoms with Gasteiger partial charge in [-0.2, -0.15) is 0 Å². The Labute approximate surface area is 230 Å². The largest absolute Gasteiger partial charge is 0.318 e. The van der Waals surface area contributed by atoms with Gasteiger partial charge in [-0.15, -0.1) is 0 Å². The van der Waals surface area contributed by atoms with E-state index in [2.05, 4.69) is 77.5 Å². The van der Waals surface area contributed by atoms with E-state index in [9.17, 15) is 8.42 Å². The highest BCUT2D eigenvalue weighted by Gasteiger charge is 2.35. The van der Waals surface area contributed by atoms with Crippen molar-refractivity contribution in [2.45, 2.75) is 17.0 Å². The van der Waals surface area contributed by atoms with Crippen LogP contribution in [0, 0.1) is 0 Å².